The SMILES string of the molecule is CN(C(=S)S)c1ccccc1.[NaH].[NaH]. The number of benzene rings is 1. The maximum atomic E-state index is 4.89. The molecule has 0 aromatic heterocycles. The Kier molecular flexibility index (Phi) is 11.3. The molecule has 0 amide bonds. The zero-order valence-corrected chi connectivity index (χ0v) is 7.90. The molecule has 0 aliphatic rings. The van der Waals surface area contributed by atoms with Crippen molar-refractivity contribution in [2.75, 3.05) is 11.9 Å². The van der Waals surface area contributed by atoms with Crippen molar-refractivity contribution in [2.45, 2.75) is 0 Å². The summed E-state index contributed by atoms with van der Waals surface area (Å²) in [7, 11) is 1.89. The molecule has 0 radical (unpaired) electrons. The first-order chi connectivity index (χ1) is 5.22. The second-order valence-corrected chi connectivity index (χ2v) is 3.29. The Bertz CT molecular complexity index is 254. The number of thiol groups is 1. The first-order valence-corrected chi connectivity index (χ1v) is 4.09. The van der Waals surface area contributed by atoms with Gasteiger partial charge in [0.15, 0.2) is 0 Å². The van der Waals surface area contributed by atoms with E-state index in [1.54, 1.807) is 0 Å². The molecule has 0 bridgehead atoms. The van der Waals surface area contributed by atoms with Crippen molar-refractivity contribution in [1.29, 1.82) is 0 Å². The van der Waals surface area contributed by atoms with E-state index in [2.05, 4.69) is 12.6 Å². The van der Waals surface area contributed by atoms with E-state index >= 15 is 0 Å². The van der Waals surface area contributed by atoms with Gasteiger partial charge in [-0.25, -0.2) is 0 Å². The molecule has 62 valence electrons. The fourth-order valence-corrected chi connectivity index (χ4v) is 0.983. The van der Waals surface area contributed by atoms with Crippen molar-refractivity contribution in [2.24, 2.45) is 0 Å². The third kappa shape index (κ3) is 5.80. The number of anilines is 1. The molecule has 13 heavy (non-hydrogen) atoms. The van der Waals surface area contributed by atoms with Gasteiger partial charge in [0.1, 0.15) is 4.32 Å². The summed E-state index contributed by atoms with van der Waals surface area (Å²) in [5, 5.41) is 0. The number of para-hydroxylation sites is 1. The summed E-state index contributed by atoms with van der Waals surface area (Å²) in [5.41, 5.74) is 1.06. The molecular weight excluding hydrogens is 220 g/mol. The predicted octanol–water partition coefficient (Wildman–Crippen LogP) is 1.04. The number of thiocarbonyl (C=S) groups is 1. The molecule has 0 spiro atoms. The summed E-state index contributed by atoms with van der Waals surface area (Å²) in [6.07, 6.45) is 0. The Morgan fingerprint density at radius 2 is 1.69 bits per heavy atom. The Balaban J connectivity index is 0. The van der Waals surface area contributed by atoms with Crippen LogP contribution in [0.25, 0.3) is 0 Å². The van der Waals surface area contributed by atoms with Gasteiger partial charge in [0.25, 0.3) is 0 Å². The second-order valence-electron chi connectivity index (χ2n) is 2.18. The molecule has 1 rings (SSSR count). The van der Waals surface area contributed by atoms with Gasteiger partial charge in [-0.15, -0.1) is 12.6 Å². The third-order valence-corrected chi connectivity index (χ3v) is 2.00. The number of hydrogen-bond donors (Lipinski definition) is 1. The standard InChI is InChI=1S/C8H9NS2.2Na.2H/c1-9(8(10)11)7-5-3-2-4-6-7;;;;/h2-6H,1H3,(H,10,11);;;;. The van der Waals surface area contributed by atoms with E-state index in [0.29, 0.717) is 4.32 Å². The molecule has 1 nitrogen and oxygen atoms in total. The van der Waals surface area contributed by atoms with Crippen LogP contribution in [0.5, 0.6) is 0 Å². The van der Waals surface area contributed by atoms with Crippen LogP contribution in [0.4, 0.5) is 5.69 Å². The van der Waals surface area contributed by atoms with Crippen LogP contribution in [0.3, 0.4) is 0 Å². The molecule has 0 saturated carbocycles. The first kappa shape index (κ1) is 16.9. The van der Waals surface area contributed by atoms with Crippen molar-refractivity contribution >= 4 is 94.0 Å². The van der Waals surface area contributed by atoms with E-state index in [9.17, 15) is 0 Å². The fraction of sp³-hybridized carbons (Fsp3) is 0.125. The summed E-state index contributed by atoms with van der Waals surface area (Å²) < 4.78 is 0.580. The molecule has 0 aliphatic heterocycles. The van der Waals surface area contributed by atoms with E-state index in [1.165, 1.54) is 0 Å². The van der Waals surface area contributed by atoms with Crippen molar-refractivity contribution < 1.29 is 0 Å². The summed E-state index contributed by atoms with van der Waals surface area (Å²) in [6, 6.07) is 9.89. The maximum absolute atomic E-state index is 4.89. The topological polar surface area (TPSA) is 3.24 Å². The van der Waals surface area contributed by atoms with Gasteiger partial charge < -0.3 is 4.90 Å². The molecule has 0 heterocycles. The third-order valence-electron chi connectivity index (χ3n) is 1.43. The summed E-state index contributed by atoms with van der Waals surface area (Å²) in [5.74, 6) is 0. The van der Waals surface area contributed by atoms with E-state index in [1.807, 2.05) is 42.3 Å². The van der Waals surface area contributed by atoms with Gasteiger partial charge in [0.2, 0.25) is 0 Å². The number of hydrogen-bond acceptors (Lipinski definition) is 1. The zero-order valence-electron chi connectivity index (χ0n) is 6.19. The first-order valence-electron chi connectivity index (χ1n) is 3.23. The normalized spacial score (nSPS) is 7.85. The molecule has 0 N–H and O–H groups in total. The van der Waals surface area contributed by atoms with Crippen LogP contribution in [0.1, 0.15) is 0 Å². The molecule has 5 heteroatoms. The molecule has 0 fully saturated rings. The van der Waals surface area contributed by atoms with Gasteiger partial charge in [0, 0.05) is 12.7 Å². The number of rotatable bonds is 1. The summed E-state index contributed by atoms with van der Waals surface area (Å²) in [4.78, 5) is 1.85. The molecule has 0 aliphatic carbocycles. The zero-order chi connectivity index (χ0) is 8.27. The molecular formula is C8H11NNa2S2. The van der Waals surface area contributed by atoms with Crippen molar-refractivity contribution in [3.63, 3.8) is 0 Å². The average molecular weight is 231 g/mol. The van der Waals surface area contributed by atoms with Crippen LogP contribution in [-0.4, -0.2) is 70.5 Å². The molecule has 0 unspecified atom stereocenters. The van der Waals surface area contributed by atoms with Crippen LogP contribution in [-0.2, 0) is 0 Å². The quantitative estimate of drug-likeness (QED) is 0.437. The van der Waals surface area contributed by atoms with Gasteiger partial charge >= 0.3 is 59.1 Å². The van der Waals surface area contributed by atoms with Gasteiger partial charge in [-0.3, -0.25) is 0 Å². The summed E-state index contributed by atoms with van der Waals surface area (Å²) >= 11 is 8.95. The minimum absolute atomic E-state index is 0. The predicted molar refractivity (Wildman–Crippen MR) is 70.7 cm³/mol. The van der Waals surface area contributed by atoms with E-state index in [-0.39, 0.29) is 59.1 Å². The molecule has 1 aromatic rings. The summed E-state index contributed by atoms with van der Waals surface area (Å²) in [6.45, 7) is 0. The van der Waals surface area contributed by atoms with Crippen molar-refractivity contribution in [1.82, 2.24) is 0 Å². The Hall–Kier alpha value is 1.46. The Labute approximate surface area is 134 Å². The molecule has 1 aromatic carbocycles. The van der Waals surface area contributed by atoms with Gasteiger partial charge in [-0.1, -0.05) is 30.4 Å². The average Bonchev–Trinajstić information content (AvgIpc) is 2.05. The van der Waals surface area contributed by atoms with Crippen molar-refractivity contribution in [3.05, 3.63) is 30.3 Å². The number of nitrogens with zero attached hydrogens (tertiary/aromatic N) is 1. The monoisotopic (exact) mass is 231 g/mol. The van der Waals surface area contributed by atoms with Crippen molar-refractivity contribution in [3.8, 4) is 0 Å². The molecule has 0 saturated heterocycles. The van der Waals surface area contributed by atoms with Crippen LogP contribution in [0.2, 0.25) is 0 Å². The minimum atomic E-state index is 0. The van der Waals surface area contributed by atoms with Crippen LogP contribution >= 0.6 is 24.8 Å². The Morgan fingerprint density at radius 1 is 1.23 bits per heavy atom. The second kappa shape index (κ2) is 8.74. The van der Waals surface area contributed by atoms with E-state index in [4.69, 9.17) is 12.2 Å². The molecule has 0 atom stereocenters. The van der Waals surface area contributed by atoms with Gasteiger partial charge in [-0.05, 0) is 12.1 Å². The van der Waals surface area contributed by atoms with Crippen LogP contribution in [0.15, 0.2) is 30.3 Å². The fourth-order valence-electron chi connectivity index (χ4n) is 0.762. The van der Waals surface area contributed by atoms with Gasteiger partial charge in [-0.2, -0.15) is 0 Å². The van der Waals surface area contributed by atoms with Gasteiger partial charge in [0.05, 0.1) is 0 Å². The van der Waals surface area contributed by atoms with Crippen LogP contribution < -0.4 is 4.90 Å². The van der Waals surface area contributed by atoms with E-state index < -0.39 is 0 Å². The van der Waals surface area contributed by atoms with E-state index in [0.717, 1.165) is 5.69 Å². The van der Waals surface area contributed by atoms with Crippen LogP contribution in [0, 0.1) is 0 Å². The Morgan fingerprint density at radius 3 is 2.08 bits per heavy atom.